The lowest BCUT2D eigenvalue weighted by Crippen LogP contribution is -2.44. The molecule has 0 aliphatic carbocycles. The summed E-state index contributed by atoms with van der Waals surface area (Å²) in [7, 11) is 0. The summed E-state index contributed by atoms with van der Waals surface area (Å²) in [6, 6.07) is 22.0. The van der Waals surface area contributed by atoms with Crippen LogP contribution in [-0.2, 0) is 16.0 Å². The quantitative estimate of drug-likeness (QED) is 0.282. The van der Waals surface area contributed by atoms with E-state index in [-0.39, 0.29) is 18.7 Å². The van der Waals surface area contributed by atoms with Gasteiger partial charge in [0, 0.05) is 44.6 Å². The van der Waals surface area contributed by atoms with Crippen molar-refractivity contribution in [2.24, 2.45) is 0 Å². The lowest BCUT2D eigenvalue weighted by molar-refractivity contribution is 0.0126. The number of likely N-dealkylation sites (tertiary alicyclic amines) is 1. The number of hydrogen-bond acceptors (Lipinski definition) is 6. The molecule has 0 unspecified atom stereocenters. The second-order valence-electron chi connectivity index (χ2n) is 10.4. The molecule has 1 aliphatic rings. The monoisotopic (exact) mass is 546 g/mol. The van der Waals surface area contributed by atoms with Gasteiger partial charge < -0.3 is 29.5 Å². The summed E-state index contributed by atoms with van der Waals surface area (Å²) in [5, 5.41) is 12.8. The predicted octanol–water partition coefficient (Wildman–Crippen LogP) is 6.54. The van der Waals surface area contributed by atoms with Crippen LogP contribution in [0.2, 0.25) is 0 Å². The minimum absolute atomic E-state index is 0.0279. The largest absolute Gasteiger partial charge is 0.514 e. The highest BCUT2D eigenvalue weighted by atomic mass is 16.7. The Kier molecular flexibility index (Phi) is 8.74. The van der Waals surface area contributed by atoms with Gasteiger partial charge in [-0.05, 0) is 72.3 Å². The van der Waals surface area contributed by atoms with Gasteiger partial charge in [0.15, 0.2) is 0 Å². The van der Waals surface area contributed by atoms with Gasteiger partial charge in [-0.1, -0.05) is 18.2 Å². The van der Waals surface area contributed by atoms with Gasteiger partial charge in [-0.25, -0.2) is 14.4 Å². The van der Waals surface area contributed by atoms with E-state index in [1.165, 1.54) is 0 Å². The fourth-order valence-corrected chi connectivity index (χ4v) is 4.17. The molecule has 3 aromatic carbocycles. The van der Waals surface area contributed by atoms with Gasteiger partial charge >= 0.3 is 30.1 Å². The summed E-state index contributed by atoms with van der Waals surface area (Å²) in [6.07, 6.45) is -1.47. The van der Waals surface area contributed by atoms with Crippen LogP contribution >= 0.6 is 0 Å². The Morgan fingerprint density at radius 3 is 2.38 bits per heavy atom. The number of amides is 2. The van der Waals surface area contributed by atoms with E-state index in [9.17, 15) is 14.4 Å². The van der Waals surface area contributed by atoms with Gasteiger partial charge in [0.2, 0.25) is 0 Å². The highest BCUT2D eigenvalue weighted by Gasteiger charge is 2.27. The van der Waals surface area contributed by atoms with Crippen molar-refractivity contribution >= 4 is 34.8 Å². The highest BCUT2D eigenvalue weighted by molar-refractivity contribution is 5.85. The molecule has 1 saturated heterocycles. The molecule has 3 aromatic rings. The molecule has 2 N–H and O–H groups in total. The molecule has 10 nitrogen and oxygen atoms in total. The fourth-order valence-electron chi connectivity index (χ4n) is 4.17. The number of rotatable bonds is 4. The number of nitrogens with zero attached hydrogens (tertiary/aromatic N) is 2. The number of alkyl carbamates (subject to hydrolysis) is 1. The van der Waals surface area contributed by atoms with Crippen LogP contribution in [0.4, 0.5) is 20.1 Å². The van der Waals surface area contributed by atoms with Crippen molar-refractivity contribution in [1.82, 2.24) is 10.2 Å². The van der Waals surface area contributed by atoms with Crippen molar-refractivity contribution in [2.75, 3.05) is 13.1 Å². The van der Waals surface area contributed by atoms with E-state index in [1.54, 1.807) is 4.90 Å². The topological polar surface area (TPSA) is 119 Å². The minimum atomic E-state index is -1.66. The van der Waals surface area contributed by atoms with Crippen LogP contribution in [0.25, 0.3) is 15.6 Å². The molecule has 0 radical (unpaired) electrons. The first-order valence-corrected chi connectivity index (χ1v) is 13.0. The summed E-state index contributed by atoms with van der Waals surface area (Å²) in [6.45, 7) is 6.90. The maximum Gasteiger partial charge on any atom is 0.514 e. The zero-order valence-electron chi connectivity index (χ0n) is 22.7. The molecule has 0 bridgehead atoms. The van der Waals surface area contributed by atoms with E-state index in [0.29, 0.717) is 13.1 Å². The lowest BCUT2D eigenvalue weighted by atomic mass is 10.0. The standard InChI is InChI=1S/C30H31N3O7/c1-30(2,3)40-28(35)33-14-12-26(13-15-33)38-25-10-8-24(9-11-25)31-18-20-4-6-22-7-5-21(17-23(22)16-20)19-32-27(34)39-29(36)37/h4-11,16-17,26H,12-15,19H2,1-3H3,(H-,32,34,36,37)/p+1. The maximum absolute atomic E-state index is 12.2. The SMILES string of the molecule is CC(C)(C)OC(=O)N1CCC(Oc2ccc([N+]#Cc3ccc4ccc(CNC(=O)OC(=O)O)cc4c3)cc2)CC1. The number of benzene rings is 3. The molecule has 1 fully saturated rings. The van der Waals surface area contributed by atoms with Gasteiger partial charge in [0.25, 0.3) is 0 Å². The normalized spacial score (nSPS) is 13.6. The number of fused-ring (bicyclic) bond motifs is 1. The van der Waals surface area contributed by atoms with Gasteiger partial charge in [-0.15, -0.1) is 0 Å². The second kappa shape index (κ2) is 12.4. The summed E-state index contributed by atoms with van der Waals surface area (Å²) in [4.78, 5) is 40.3. The van der Waals surface area contributed by atoms with E-state index in [4.69, 9.17) is 14.6 Å². The highest BCUT2D eigenvalue weighted by Crippen LogP contribution is 2.24. The molecule has 0 atom stereocenters. The lowest BCUT2D eigenvalue weighted by Gasteiger charge is -2.33. The second-order valence-corrected chi connectivity index (χ2v) is 10.4. The van der Waals surface area contributed by atoms with Crippen LogP contribution in [0.5, 0.6) is 5.75 Å². The zero-order chi connectivity index (χ0) is 28.7. The van der Waals surface area contributed by atoms with Crippen molar-refractivity contribution in [1.29, 1.82) is 0 Å². The number of carbonyl (C=O) groups is 3. The van der Waals surface area contributed by atoms with Crippen LogP contribution in [0.15, 0.2) is 60.7 Å². The van der Waals surface area contributed by atoms with Crippen LogP contribution in [0, 0.1) is 6.07 Å². The summed E-state index contributed by atoms with van der Waals surface area (Å²) in [5.41, 5.74) is 1.78. The Morgan fingerprint density at radius 2 is 1.70 bits per heavy atom. The van der Waals surface area contributed by atoms with E-state index >= 15 is 0 Å². The molecule has 40 heavy (non-hydrogen) atoms. The van der Waals surface area contributed by atoms with E-state index in [1.807, 2.05) is 81.4 Å². The zero-order valence-corrected chi connectivity index (χ0v) is 22.7. The molecule has 0 saturated carbocycles. The van der Waals surface area contributed by atoms with Crippen LogP contribution < -0.4 is 10.1 Å². The number of hydrogen-bond donors (Lipinski definition) is 2. The Balaban J connectivity index is 1.32. The minimum Gasteiger partial charge on any atom is -0.490 e. The van der Waals surface area contributed by atoms with Gasteiger partial charge in [0.05, 0.1) is 0 Å². The Morgan fingerprint density at radius 1 is 1.00 bits per heavy atom. The summed E-state index contributed by atoms with van der Waals surface area (Å²) in [5.74, 6) is 0.744. The first-order valence-electron chi connectivity index (χ1n) is 13.0. The number of ether oxygens (including phenoxy) is 3. The van der Waals surface area contributed by atoms with Crippen LogP contribution in [0.3, 0.4) is 0 Å². The molecule has 2 amide bonds. The molecule has 1 aliphatic heterocycles. The van der Waals surface area contributed by atoms with Gasteiger partial charge in [0.1, 0.15) is 23.0 Å². The van der Waals surface area contributed by atoms with Crippen LogP contribution in [0.1, 0.15) is 44.7 Å². The molecule has 4 rings (SSSR count). The molecule has 0 spiro atoms. The first-order chi connectivity index (χ1) is 19.0. The van der Waals surface area contributed by atoms with Gasteiger partial charge in [-0.2, -0.15) is 0 Å². The molecular formula is C30H32N3O7+. The number of carboxylic acid groups (broad SMARTS) is 1. The molecule has 0 aromatic heterocycles. The third-order valence-corrected chi connectivity index (χ3v) is 6.07. The number of nitrogens with one attached hydrogen (secondary N) is 1. The van der Waals surface area contributed by atoms with Gasteiger partial charge in [-0.3, -0.25) is 0 Å². The Bertz CT molecular complexity index is 1440. The van der Waals surface area contributed by atoms with Crippen molar-refractivity contribution < 1.29 is 33.7 Å². The van der Waals surface area contributed by atoms with Crippen molar-refractivity contribution in [3.8, 4) is 11.8 Å². The predicted molar refractivity (Wildman–Crippen MR) is 149 cm³/mol. The molecule has 10 heteroatoms. The van der Waals surface area contributed by atoms with E-state index < -0.39 is 17.8 Å². The summed E-state index contributed by atoms with van der Waals surface area (Å²) < 4.78 is 15.6. The van der Waals surface area contributed by atoms with Crippen LogP contribution in [-0.4, -0.2) is 53.1 Å². The third-order valence-electron chi connectivity index (χ3n) is 6.07. The third kappa shape index (κ3) is 8.36. The van der Waals surface area contributed by atoms with E-state index in [0.717, 1.165) is 46.2 Å². The average molecular weight is 547 g/mol. The number of carbonyl (C=O) groups excluding carboxylic acids is 2. The molecular weight excluding hydrogens is 514 g/mol. The Labute approximate surface area is 232 Å². The number of piperidine rings is 1. The smallest absolute Gasteiger partial charge is 0.490 e. The fraction of sp³-hybridized carbons (Fsp3) is 0.333. The maximum atomic E-state index is 12.2. The molecule has 208 valence electrons. The van der Waals surface area contributed by atoms with Crippen molar-refractivity contribution in [2.45, 2.75) is 51.9 Å². The van der Waals surface area contributed by atoms with E-state index in [2.05, 4.69) is 21.0 Å². The Hall–Kier alpha value is -4.78. The first kappa shape index (κ1) is 28.2. The average Bonchev–Trinajstić information content (AvgIpc) is 2.90. The van der Waals surface area contributed by atoms with Crippen molar-refractivity contribution in [3.05, 3.63) is 76.6 Å². The van der Waals surface area contributed by atoms with Crippen molar-refractivity contribution in [3.63, 3.8) is 0 Å². The summed E-state index contributed by atoms with van der Waals surface area (Å²) >= 11 is 0. The molecule has 1 heterocycles.